The molecule has 1 fully saturated rings. The van der Waals surface area contributed by atoms with Crippen molar-refractivity contribution in [2.24, 2.45) is 0 Å². The van der Waals surface area contributed by atoms with Crippen LogP contribution in [0.1, 0.15) is 6.42 Å². The molecule has 0 atom stereocenters. The van der Waals surface area contributed by atoms with E-state index in [-0.39, 0.29) is 18.3 Å². The van der Waals surface area contributed by atoms with Gasteiger partial charge in [-0.1, -0.05) is 6.07 Å². The number of nitrogens with one attached hydrogen (secondary N) is 1. The fraction of sp³-hybridized carbons (Fsp3) is 0.409. The summed E-state index contributed by atoms with van der Waals surface area (Å²) in [5, 5.41) is 2.89. The van der Waals surface area contributed by atoms with Crippen molar-refractivity contribution in [2.75, 3.05) is 57.9 Å². The van der Waals surface area contributed by atoms with Gasteiger partial charge in [0.25, 0.3) is 5.91 Å². The zero-order valence-electron chi connectivity index (χ0n) is 16.8. The summed E-state index contributed by atoms with van der Waals surface area (Å²) < 4.78 is 23.7. The predicted octanol–water partition coefficient (Wildman–Crippen LogP) is 2.54. The third-order valence-electron chi connectivity index (χ3n) is 4.95. The Morgan fingerprint density at radius 1 is 1.07 bits per heavy atom. The largest absolute Gasteiger partial charge is 0.497 e. The lowest BCUT2D eigenvalue weighted by Gasteiger charge is -2.36. The number of anilines is 1. The van der Waals surface area contributed by atoms with Crippen LogP contribution in [-0.2, 0) is 4.79 Å². The van der Waals surface area contributed by atoms with Crippen LogP contribution in [0.4, 0.5) is 10.1 Å². The molecular weight excluding hydrogens is 373 g/mol. The number of rotatable bonds is 9. The van der Waals surface area contributed by atoms with Crippen molar-refractivity contribution in [1.82, 2.24) is 10.2 Å². The molecule has 1 saturated heterocycles. The second kappa shape index (κ2) is 10.7. The first-order valence-electron chi connectivity index (χ1n) is 9.90. The summed E-state index contributed by atoms with van der Waals surface area (Å²) in [6, 6.07) is 13.8. The molecule has 0 aliphatic carbocycles. The molecule has 0 unspecified atom stereocenters. The first-order valence-corrected chi connectivity index (χ1v) is 9.90. The van der Waals surface area contributed by atoms with Gasteiger partial charge >= 0.3 is 0 Å². The first-order chi connectivity index (χ1) is 14.1. The SMILES string of the molecule is COc1cccc(OCC(=O)NCCCN2CCN(c3ccc(F)cc3)CC2)c1. The summed E-state index contributed by atoms with van der Waals surface area (Å²) in [5.74, 6) is 0.971. The van der Waals surface area contributed by atoms with Crippen molar-refractivity contribution in [3.05, 3.63) is 54.3 Å². The van der Waals surface area contributed by atoms with Gasteiger partial charge in [-0.15, -0.1) is 0 Å². The smallest absolute Gasteiger partial charge is 0.257 e. The molecule has 6 nitrogen and oxygen atoms in total. The predicted molar refractivity (Wildman–Crippen MR) is 111 cm³/mol. The molecule has 2 aromatic rings. The summed E-state index contributed by atoms with van der Waals surface area (Å²) >= 11 is 0. The van der Waals surface area contributed by atoms with E-state index in [2.05, 4.69) is 15.1 Å². The highest BCUT2D eigenvalue weighted by Gasteiger charge is 2.16. The van der Waals surface area contributed by atoms with E-state index in [1.165, 1.54) is 12.1 Å². The Morgan fingerprint density at radius 3 is 2.52 bits per heavy atom. The quantitative estimate of drug-likeness (QED) is 0.655. The number of hydrogen-bond acceptors (Lipinski definition) is 5. The van der Waals surface area contributed by atoms with E-state index < -0.39 is 0 Å². The van der Waals surface area contributed by atoms with E-state index >= 15 is 0 Å². The van der Waals surface area contributed by atoms with Crippen molar-refractivity contribution in [3.63, 3.8) is 0 Å². The Kier molecular flexibility index (Phi) is 7.69. The fourth-order valence-electron chi connectivity index (χ4n) is 3.30. The molecule has 0 saturated carbocycles. The Balaban J connectivity index is 1.28. The molecule has 3 rings (SSSR count). The van der Waals surface area contributed by atoms with Crippen LogP contribution < -0.4 is 19.7 Å². The summed E-state index contributed by atoms with van der Waals surface area (Å²) in [6.45, 7) is 5.32. The molecule has 0 radical (unpaired) electrons. The van der Waals surface area contributed by atoms with Crippen LogP contribution in [0.25, 0.3) is 0 Å². The van der Waals surface area contributed by atoms with Crippen LogP contribution in [0.15, 0.2) is 48.5 Å². The van der Waals surface area contributed by atoms with Crippen LogP contribution in [0.3, 0.4) is 0 Å². The van der Waals surface area contributed by atoms with Gasteiger partial charge in [0.15, 0.2) is 6.61 Å². The lowest BCUT2D eigenvalue weighted by Crippen LogP contribution is -2.47. The van der Waals surface area contributed by atoms with Crippen LogP contribution >= 0.6 is 0 Å². The molecule has 2 aromatic carbocycles. The molecule has 1 amide bonds. The van der Waals surface area contributed by atoms with Crippen molar-refractivity contribution >= 4 is 11.6 Å². The monoisotopic (exact) mass is 401 g/mol. The Bertz CT molecular complexity index is 777. The number of nitrogens with zero attached hydrogens (tertiary/aromatic N) is 2. The zero-order valence-corrected chi connectivity index (χ0v) is 16.8. The van der Waals surface area contributed by atoms with Crippen molar-refractivity contribution in [3.8, 4) is 11.5 Å². The minimum atomic E-state index is -0.205. The normalized spacial score (nSPS) is 14.5. The van der Waals surface area contributed by atoms with Gasteiger partial charge in [0.2, 0.25) is 0 Å². The van der Waals surface area contributed by atoms with E-state index in [0.717, 1.165) is 44.8 Å². The molecule has 1 heterocycles. The van der Waals surface area contributed by atoms with Crippen LogP contribution in [0.2, 0.25) is 0 Å². The molecule has 1 N–H and O–H groups in total. The number of piperazine rings is 1. The molecule has 0 aromatic heterocycles. The highest BCUT2D eigenvalue weighted by molar-refractivity contribution is 5.77. The van der Waals surface area contributed by atoms with E-state index in [0.29, 0.717) is 18.0 Å². The van der Waals surface area contributed by atoms with Crippen molar-refractivity contribution in [1.29, 1.82) is 0 Å². The second-order valence-corrected chi connectivity index (χ2v) is 6.98. The summed E-state index contributed by atoms with van der Waals surface area (Å²) in [5.41, 5.74) is 1.06. The molecule has 1 aliphatic rings. The van der Waals surface area contributed by atoms with Gasteiger partial charge in [-0.2, -0.15) is 0 Å². The highest BCUT2D eigenvalue weighted by Crippen LogP contribution is 2.19. The standard InChI is InChI=1S/C22H28FN3O3/c1-28-20-4-2-5-21(16-20)29-17-22(27)24-10-3-11-25-12-14-26(15-13-25)19-8-6-18(23)7-9-19/h2,4-9,16H,3,10-15,17H2,1H3,(H,24,27). The van der Waals surface area contributed by atoms with Crippen LogP contribution in [0, 0.1) is 5.82 Å². The van der Waals surface area contributed by atoms with E-state index in [4.69, 9.17) is 9.47 Å². The van der Waals surface area contributed by atoms with Crippen molar-refractivity contribution < 1.29 is 18.7 Å². The minimum Gasteiger partial charge on any atom is -0.497 e. The molecule has 1 aliphatic heterocycles. The van der Waals surface area contributed by atoms with Gasteiger partial charge in [0.05, 0.1) is 7.11 Å². The molecule has 0 bridgehead atoms. The third kappa shape index (κ3) is 6.64. The van der Waals surface area contributed by atoms with Gasteiger partial charge in [0.1, 0.15) is 17.3 Å². The lowest BCUT2D eigenvalue weighted by molar-refractivity contribution is -0.123. The maximum Gasteiger partial charge on any atom is 0.257 e. The van der Waals surface area contributed by atoms with Gasteiger partial charge < -0.3 is 19.7 Å². The summed E-state index contributed by atoms with van der Waals surface area (Å²) in [6.07, 6.45) is 0.890. The number of carbonyl (C=O) groups excluding carboxylic acids is 1. The van der Waals surface area contributed by atoms with E-state index in [1.807, 2.05) is 24.3 Å². The Hall–Kier alpha value is -2.80. The number of halogens is 1. The minimum absolute atomic E-state index is 0.0104. The third-order valence-corrected chi connectivity index (χ3v) is 4.95. The second-order valence-electron chi connectivity index (χ2n) is 6.98. The van der Waals surface area contributed by atoms with Crippen LogP contribution in [0.5, 0.6) is 11.5 Å². The van der Waals surface area contributed by atoms with Gasteiger partial charge in [0, 0.05) is 44.5 Å². The van der Waals surface area contributed by atoms with Gasteiger partial charge in [-0.05, 0) is 49.4 Å². The highest BCUT2D eigenvalue weighted by atomic mass is 19.1. The Labute approximate surface area is 171 Å². The maximum absolute atomic E-state index is 13.0. The molecular formula is C22H28FN3O3. The molecule has 0 spiro atoms. The number of benzene rings is 2. The molecule has 7 heteroatoms. The number of amides is 1. The maximum atomic E-state index is 13.0. The fourth-order valence-corrected chi connectivity index (χ4v) is 3.30. The van der Waals surface area contributed by atoms with Crippen molar-refractivity contribution in [2.45, 2.75) is 6.42 Å². The number of ether oxygens (including phenoxy) is 2. The number of hydrogen-bond donors (Lipinski definition) is 1. The first kappa shape index (κ1) is 20.9. The molecule has 29 heavy (non-hydrogen) atoms. The summed E-state index contributed by atoms with van der Waals surface area (Å²) in [4.78, 5) is 16.6. The van der Waals surface area contributed by atoms with Crippen LogP contribution in [-0.4, -0.2) is 63.8 Å². The average molecular weight is 401 g/mol. The van der Waals surface area contributed by atoms with Gasteiger partial charge in [-0.25, -0.2) is 4.39 Å². The Morgan fingerprint density at radius 2 is 1.79 bits per heavy atom. The number of carbonyl (C=O) groups is 1. The summed E-state index contributed by atoms with van der Waals surface area (Å²) in [7, 11) is 1.59. The lowest BCUT2D eigenvalue weighted by atomic mass is 10.2. The average Bonchev–Trinajstić information content (AvgIpc) is 2.76. The molecule has 156 valence electrons. The van der Waals surface area contributed by atoms with Gasteiger partial charge in [-0.3, -0.25) is 9.69 Å². The van der Waals surface area contributed by atoms with E-state index in [9.17, 15) is 9.18 Å². The topological polar surface area (TPSA) is 54.0 Å². The van der Waals surface area contributed by atoms with E-state index in [1.54, 1.807) is 19.2 Å². The zero-order chi connectivity index (χ0) is 20.5. The number of methoxy groups -OCH3 is 1.